The molecule has 4 aliphatic heterocycles. The van der Waals surface area contributed by atoms with Crippen molar-refractivity contribution in [2.75, 3.05) is 32.2 Å². The molecule has 0 spiro atoms. The molecule has 4 saturated heterocycles. The van der Waals surface area contributed by atoms with Gasteiger partial charge in [0, 0.05) is 19.8 Å². The van der Waals surface area contributed by atoms with Crippen LogP contribution in [-0.2, 0) is 33.2 Å². The minimum atomic E-state index is -0.584. The fourth-order valence-electron chi connectivity index (χ4n) is 5.46. The van der Waals surface area contributed by atoms with Crippen molar-refractivity contribution in [3.05, 3.63) is 12.7 Å². The fourth-order valence-corrected chi connectivity index (χ4v) is 5.46. The van der Waals surface area contributed by atoms with Crippen LogP contribution in [0.2, 0.25) is 0 Å². The summed E-state index contributed by atoms with van der Waals surface area (Å²) in [6, 6.07) is 0. The van der Waals surface area contributed by atoms with Gasteiger partial charge in [-0.15, -0.1) is 0 Å². The van der Waals surface area contributed by atoms with Crippen molar-refractivity contribution in [2.24, 2.45) is 0 Å². The van der Waals surface area contributed by atoms with E-state index in [0.717, 1.165) is 57.8 Å². The standard InChI is InChI=1S/C25H37N5O7/c26-23-20-24(28-14-27-23)30(15-29-20)25-22(37-19-9-3-6-12-33-19)21(36-18-8-2-5-11-32-18)16(35-25)13-34-17-7-1-4-10-31-17/h14-19,21-22,25H,1-13H2,(H2,26,27,28)/t16-,17?,18?,19?,21-,22+,25-/m1/s1. The van der Waals surface area contributed by atoms with E-state index in [1.54, 1.807) is 6.33 Å². The second-order valence-corrected chi connectivity index (χ2v) is 10.1. The summed E-state index contributed by atoms with van der Waals surface area (Å²) < 4.78 is 45.5. The van der Waals surface area contributed by atoms with Crippen LogP contribution in [0, 0.1) is 0 Å². The Morgan fingerprint density at radius 3 is 2.11 bits per heavy atom. The van der Waals surface area contributed by atoms with E-state index >= 15 is 0 Å². The Morgan fingerprint density at radius 1 is 0.811 bits per heavy atom. The molecule has 2 N–H and O–H groups in total. The van der Waals surface area contributed by atoms with Crippen LogP contribution in [0.15, 0.2) is 12.7 Å². The van der Waals surface area contributed by atoms with Crippen LogP contribution < -0.4 is 5.73 Å². The molecule has 204 valence electrons. The summed E-state index contributed by atoms with van der Waals surface area (Å²) >= 11 is 0. The zero-order chi connectivity index (χ0) is 25.0. The molecule has 37 heavy (non-hydrogen) atoms. The quantitative estimate of drug-likeness (QED) is 0.551. The van der Waals surface area contributed by atoms with Crippen molar-refractivity contribution in [1.82, 2.24) is 19.5 Å². The third kappa shape index (κ3) is 5.75. The lowest BCUT2D eigenvalue weighted by atomic mass is 10.1. The van der Waals surface area contributed by atoms with Crippen LogP contribution in [0.1, 0.15) is 64.0 Å². The van der Waals surface area contributed by atoms with Gasteiger partial charge in [-0.25, -0.2) is 15.0 Å². The number of nitrogen functional groups attached to an aromatic ring is 1. The van der Waals surface area contributed by atoms with E-state index in [2.05, 4.69) is 15.0 Å². The van der Waals surface area contributed by atoms with Crippen molar-refractivity contribution < 1.29 is 33.2 Å². The molecule has 2 aromatic rings. The minimum Gasteiger partial charge on any atom is -0.382 e. The van der Waals surface area contributed by atoms with Gasteiger partial charge in [0.05, 0.1) is 12.9 Å². The zero-order valence-corrected chi connectivity index (χ0v) is 21.1. The minimum absolute atomic E-state index is 0.245. The predicted molar refractivity (Wildman–Crippen MR) is 130 cm³/mol. The van der Waals surface area contributed by atoms with Crippen LogP contribution in [-0.4, -0.2) is 83.1 Å². The molecule has 7 atom stereocenters. The lowest BCUT2D eigenvalue weighted by Gasteiger charge is -2.34. The summed E-state index contributed by atoms with van der Waals surface area (Å²) in [4.78, 5) is 13.0. The predicted octanol–water partition coefficient (Wildman–Crippen LogP) is 2.67. The number of hydrogen-bond acceptors (Lipinski definition) is 11. The molecular weight excluding hydrogens is 482 g/mol. The van der Waals surface area contributed by atoms with Gasteiger partial charge >= 0.3 is 0 Å². The van der Waals surface area contributed by atoms with E-state index in [4.69, 9.17) is 38.9 Å². The average molecular weight is 520 g/mol. The number of imidazole rings is 1. The number of nitrogens with zero attached hydrogens (tertiary/aromatic N) is 4. The first-order valence-corrected chi connectivity index (χ1v) is 13.6. The molecule has 4 fully saturated rings. The van der Waals surface area contributed by atoms with Crippen molar-refractivity contribution >= 4 is 17.0 Å². The Kier molecular flexibility index (Phi) is 8.12. The summed E-state index contributed by atoms with van der Waals surface area (Å²) in [5.41, 5.74) is 7.15. The molecule has 0 aliphatic carbocycles. The molecular formula is C25H37N5O7. The summed E-state index contributed by atoms with van der Waals surface area (Å²) in [5.74, 6) is 0.313. The first kappa shape index (κ1) is 25.4. The molecule has 12 heteroatoms. The Labute approximate surface area is 216 Å². The fraction of sp³-hybridized carbons (Fsp3) is 0.800. The molecule has 12 nitrogen and oxygen atoms in total. The topological polar surface area (TPSA) is 134 Å². The Hall–Kier alpha value is -1.93. The van der Waals surface area contributed by atoms with Crippen molar-refractivity contribution in [3.63, 3.8) is 0 Å². The second-order valence-electron chi connectivity index (χ2n) is 10.1. The summed E-state index contributed by atoms with van der Waals surface area (Å²) in [6.45, 7) is 2.36. The Bertz CT molecular complexity index is 1010. The van der Waals surface area contributed by atoms with Crippen LogP contribution in [0.5, 0.6) is 0 Å². The molecule has 0 amide bonds. The normalized spacial score (nSPS) is 35.2. The van der Waals surface area contributed by atoms with Crippen LogP contribution in [0.3, 0.4) is 0 Å². The SMILES string of the molecule is Nc1ncnc2c1ncn2[C@@H]1O[C@H](COC2CCCCO2)[C@@H](OC2CCCCO2)[C@@H]1OC1CCCCO1. The molecule has 0 radical (unpaired) electrons. The monoisotopic (exact) mass is 519 g/mol. The first-order chi connectivity index (χ1) is 18.3. The van der Waals surface area contributed by atoms with Crippen LogP contribution in [0.4, 0.5) is 5.82 Å². The number of ether oxygens (including phenoxy) is 7. The smallest absolute Gasteiger partial charge is 0.167 e. The van der Waals surface area contributed by atoms with Crippen LogP contribution in [0.25, 0.3) is 11.2 Å². The molecule has 0 saturated carbocycles. The van der Waals surface area contributed by atoms with Gasteiger partial charge in [-0.3, -0.25) is 4.57 Å². The Balaban J connectivity index is 1.29. The highest BCUT2D eigenvalue weighted by Gasteiger charge is 2.50. The van der Waals surface area contributed by atoms with E-state index in [1.165, 1.54) is 6.33 Å². The maximum absolute atomic E-state index is 6.63. The van der Waals surface area contributed by atoms with Crippen molar-refractivity contribution in [2.45, 2.75) is 101 Å². The van der Waals surface area contributed by atoms with E-state index in [0.29, 0.717) is 43.4 Å². The van der Waals surface area contributed by atoms with Gasteiger partial charge in [-0.2, -0.15) is 0 Å². The average Bonchev–Trinajstić information content (AvgIpc) is 3.52. The van der Waals surface area contributed by atoms with E-state index < -0.39 is 24.5 Å². The molecule has 0 aromatic carbocycles. The number of fused-ring (bicyclic) bond motifs is 1. The molecule has 4 aliphatic rings. The zero-order valence-electron chi connectivity index (χ0n) is 21.1. The summed E-state index contributed by atoms with van der Waals surface area (Å²) in [7, 11) is 0. The van der Waals surface area contributed by atoms with Gasteiger partial charge < -0.3 is 38.9 Å². The molecule has 6 heterocycles. The molecule has 6 rings (SSSR count). The maximum atomic E-state index is 6.63. The largest absolute Gasteiger partial charge is 0.382 e. The maximum Gasteiger partial charge on any atom is 0.167 e. The summed E-state index contributed by atoms with van der Waals surface area (Å²) in [6.07, 6.45) is 9.00. The third-order valence-electron chi connectivity index (χ3n) is 7.42. The van der Waals surface area contributed by atoms with Gasteiger partial charge in [-0.05, 0) is 57.8 Å². The number of aromatic nitrogens is 4. The molecule has 0 bridgehead atoms. The second kappa shape index (κ2) is 11.9. The van der Waals surface area contributed by atoms with E-state index in [9.17, 15) is 0 Å². The van der Waals surface area contributed by atoms with Gasteiger partial charge in [0.25, 0.3) is 0 Å². The molecule has 2 aromatic heterocycles. The van der Waals surface area contributed by atoms with Gasteiger partial charge in [0.15, 0.2) is 36.6 Å². The lowest BCUT2D eigenvalue weighted by molar-refractivity contribution is -0.250. The first-order valence-electron chi connectivity index (χ1n) is 13.6. The highest BCUT2D eigenvalue weighted by Crippen LogP contribution is 2.39. The number of rotatable bonds is 8. The van der Waals surface area contributed by atoms with Gasteiger partial charge in [0.2, 0.25) is 0 Å². The molecule has 3 unspecified atom stereocenters. The van der Waals surface area contributed by atoms with E-state index in [1.807, 2.05) is 4.57 Å². The highest BCUT2D eigenvalue weighted by molar-refractivity contribution is 5.81. The van der Waals surface area contributed by atoms with Gasteiger partial charge in [0.1, 0.15) is 30.2 Å². The number of nitrogens with two attached hydrogens (primary N) is 1. The third-order valence-corrected chi connectivity index (χ3v) is 7.42. The van der Waals surface area contributed by atoms with Gasteiger partial charge in [-0.1, -0.05) is 0 Å². The summed E-state index contributed by atoms with van der Waals surface area (Å²) in [5, 5.41) is 0. The van der Waals surface area contributed by atoms with E-state index in [-0.39, 0.29) is 18.9 Å². The highest BCUT2D eigenvalue weighted by atomic mass is 16.7. The van der Waals surface area contributed by atoms with Crippen LogP contribution >= 0.6 is 0 Å². The van der Waals surface area contributed by atoms with Crippen molar-refractivity contribution in [3.8, 4) is 0 Å². The number of anilines is 1. The number of hydrogen-bond donors (Lipinski definition) is 1. The van der Waals surface area contributed by atoms with Crippen molar-refractivity contribution in [1.29, 1.82) is 0 Å². The Morgan fingerprint density at radius 2 is 1.46 bits per heavy atom. The lowest BCUT2D eigenvalue weighted by Crippen LogP contribution is -2.44.